The standard InChI is InChI=1S/C9H8BrN3O/c1-14-8-3-6-7(2-5(8)10)13-9(11)4-12-6/h2-4H,1H3,(H2,11,13). The lowest BCUT2D eigenvalue weighted by atomic mass is 10.3. The van der Waals surface area contributed by atoms with Crippen LogP contribution in [0, 0.1) is 0 Å². The number of hydrogen-bond acceptors (Lipinski definition) is 4. The number of hydrogen-bond donors (Lipinski definition) is 1. The van der Waals surface area contributed by atoms with Crippen molar-refractivity contribution in [1.29, 1.82) is 0 Å². The highest BCUT2D eigenvalue weighted by atomic mass is 79.9. The van der Waals surface area contributed by atoms with Crippen LogP contribution in [0.3, 0.4) is 0 Å². The lowest BCUT2D eigenvalue weighted by molar-refractivity contribution is 0.412. The Morgan fingerprint density at radius 2 is 2.14 bits per heavy atom. The van der Waals surface area contributed by atoms with E-state index in [-0.39, 0.29) is 0 Å². The minimum Gasteiger partial charge on any atom is -0.495 e. The molecule has 14 heavy (non-hydrogen) atoms. The molecule has 0 bridgehead atoms. The normalized spacial score (nSPS) is 10.4. The van der Waals surface area contributed by atoms with E-state index in [4.69, 9.17) is 10.5 Å². The fourth-order valence-corrected chi connectivity index (χ4v) is 1.68. The third-order valence-corrected chi connectivity index (χ3v) is 2.45. The van der Waals surface area contributed by atoms with Crippen molar-refractivity contribution >= 4 is 32.8 Å². The van der Waals surface area contributed by atoms with Gasteiger partial charge in [0.1, 0.15) is 11.6 Å². The quantitative estimate of drug-likeness (QED) is 0.845. The second-order valence-electron chi connectivity index (χ2n) is 2.77. The van der Waals surface area contributed by atoms with Gasteiger partial charge in [0.2, 0.25) is 0 Å². The molecule has 0 fully saturated rings. The minimum atomic E-state index is 0.412. The SMILES string of the molecule is COc1cc2ncc(N)nc2cc1Br. The second-order valence-corrected chi connectivity index (χ2v) is 3.62. The lowest BCUT2D eigenvalue weighted by Crippen LogP contribution is -1.93. The van der Waals surface area contributed by atoms with Crippen molar-refractivity contribution in [2.75, 3.05) is 12.8 Å². The lowest BCUT2D eigenvalue weighted by Gasteiger charge is -2.04. The molecule has 2 aromatic rings. The molecule has 0 atom stereocenters. The van der Waals surface area contributed by atoms with Gasteiger partial charge in [-0.25, -0.2) is 4.98 Å². The number of methoxy groups -OCH3 is 1. The summed E-state index contributed by atoms with van der Waals surface area (Å²) in [6.07, 6.45) is 1.52. The highest BCUT2D eigenvalue weighted by molar-refractivity contribution is 9.10. The van der Waals surface area contributed by atoms with E-state index in [1.807, 2.05) is 12.1 Å². The molecule has 2 rings (SSSR count). The van der Waals surface area contributed by atoms with Crippen LogP contribution >= 0.6 is 15.9 Å². The van der Waals surface area contributed by atoms with E-state index in [0.29, 0.717) is 5.82 Å². The van der Waals surface area contributed by atoms with Gasteiger partial charge in [0, 0.05) is 6.07 Å². The molecule has 0 saturated carbocycles. The highest BCUT2D eigenvalue weighted by Crippen LogP contribution is 2.28. The Morgan fingerprint density at radius 3 is 2.86 bits per heavy atom. The van der Waals surface area contributed by atoms with Gasteiger partial charge in [0.25, 0.3) is 0 Å². The summed E-state index contributed by atoms with van der Waals surface area (Å²) >= 11 is 3.37. The molecule has 0 saturated heterocycles. The number of nitrogens with zero attached hydrogens (tertiary/aromatic N) is 2. The maximum absolute atomic E-state index is 5.52. The van der Waals surface area contributed by atoms with Gasteiger partial charge in [-0.2, -0.15) is 0 Å². The van der Waals surface area contributed by atoms with Crippen molar-refractivity contribution in [1.82, 2.24) is 9.97 Å². The molecule has 2 N–H and O–H groups in total. The average Bonchev–Trinajstić information content (AvgIpc) is 2.16. The van der Waals surface area contributed by atoms with Gasteiger partial charge in [-0.05, 0) is 22.0 Å². The van der Waals surface area contributed by atoms with Crippen LogP contribution in [0.5, 0.6) is 5.75 Å². The first-order chi connectivity index (χ1) is 6.70. The summed E-state index contributed by atoms with van der Waals surface area (Å²) in [6, 6.07) is 3.64. The number of rotatable bonds is 1. The van der Waals surface area contributed by atoms with Crippen LogP contribution in [-0.4, -0.2) is 17.1 Å². The average molecular weight is 254 g/mol. The second kappa shape index (κ2) is 3.42. The zero-order chi connectivity index (χ0) is 10.1. The van der Waals surface area contributed by atoms with Crippen LogP contribution in [0.2, 0.25) is 0 Å². The Hall–Kier alpha value is -1.36. The first-order valence-corrected chi connectivity index (χ1v) is 4.76. The van der Waals surface area contributed by atoms with E-state index in [1.54, 1.807) is 7.11 Å². The molecule has 1 aromatic carbocycles. The number of anilines is 1. The Morgan fingerprint density at radius 1 is 1.36 bits per heavy atom. The van der Waals surface area contributed by atoms with Crippen LogP contribution in [0.15, 0.2) is 22.8 Å². The molecule has 5 heteroatoms. The summed E-state index contributed by atoms with van der Waals surface area (Å²) in [7, 11) is 1.61. The summed E-state index contributed by atoms with van der Waals surface area (Å²) in [5.41, 5.74) is 7.04. The minimum absolute atomic E-state index is 0.412. The van der Waals surface area contributed by atoms with Crippen LogP contribution < -0.4 is 10.5 Å². The van der Waals surface area contributed by atoms with Crippen molar-refractivity contribution in [3.63, 3.8) is 0 Å². The number of fused-ring (bicyclic) bond motifs is 1. The number of nitrogen functional groups attached to an aromatic ring is 1. The van der Waals surface area contributed by atoms with Gasteiger partial charge in [0.05, 0.1) is 28.8 Å². The molecular formula is C9H8BrN3O. The molecule has 0 aliphatic carbocycles. The van der Waals surface area contributed by atoms with Crippen LogP contribution in [0.25, 0.3) is 11.0 Å². The van der Waals surface area contributed by atoms with Gasteiger partial charge < -0.3 is 10.5 Å². The van der Waals surface area contributed by atoms with E-state index < -0.39 is 0 Å². The first kappa shape index (κ1) is 9.21. The predicted molar refractivity (Wildman–Crippen MR) is 58.2 cm³/mol. The molecule has 4 nitrogen and oxygen atoms in total. The van der Waals surface area contributed by atoms with Crippen molar-refractivity contribution in [3.8, 4) is 5.75 Å². The molecule has 0 aliphatic heterocycles. The Balaban J connectivity index is 2.73. The molecule has 0 radical (unpaired) electrons. The van der Waals surface area contributed by atoms with Crippen molar-refractivity contribution in [2.24, 2.45) is 0 Å². The molecule has 0 spiro atoms. The summed E-state index contributed by atoms with van der Waals surface area (Å²) in [5, 5.41) is 0. The summed E-state index contributed by atoms with van der Waals surface area (Å²) < 4.78 is 5.98. The van der Waals surface area contributed by atoms with Gasteiger partial charge in [0.15, 0.2) is 0 Å². The zero-order valence-corrected chi connectivity index (χ0v) is 9.08. The monoisotopic (exact) mass is 253 g/mol. The summed E-state index contributed by atoms with van der Waals surface area (Å²) in [5.74, 6) is 1.14. The molecule has 72 valence electrons. The largest absolute Gasteiger partial charge is 0.495 e. The van der Waals surface area contributed by atoms with E-state index >= 15 is 0 Å². The third kappa shape index (κ3) is 1.50. The van der Waals surface area contributed by atoms with Crippen molar-refractivity contribution in [2.45, 2.75) is 0 Å². The fourth-order valence-electron chi connectivity index (χ4n) is 1.19. The summed E-state index contributed by atoms with van der Waals surface area (Å²) in [4.78, 5) is 8.28. The predicted octanol–water partition coefficient (Wildman–Crippen LogP) is 1.98. The van der Waals surface area contributed by atoms with Gasteiger partial charge >= 0.3 is 0 Å². The number of nitrogens with two attached hydrogens (primary N) is 1. The smallest absolute Gasteiger partial charge is 0.142 e. The van der Waals surface area contributed by atoms with Crippen molar-refractivity contribution in [3.05, 3.63) is 22.8 Å². The number of aromatic nitrogens is 2. The Labute approximate surface area is 89.2 Å². The van der Waals surface area contributed by atoms with Gasteiger partial charge in [-0.1, -0.05) is 0 Å². The Kier molecular flexibility index (Phi) is 2.25. The number of benzene rings is 1. The topological polar surface area (TPSA) is 61.0 Å². The molecule has 1 heterocycles. The number of ether oxygens (including phenoxy) is 1. The molecule has 0 amide bonds. The van der Waals surface area contributed by atoms with Crippen LogP contribution in [0.4, 0.5) is 5.82 Å². The maximum atomic E-state index is 5.52. The zero-order valence-electron chi connectivity index (χ0n) is 7.49. The Bertz CT molecular complexity index is 487. The third-order valence-electron chi connectivity index (χ3n) is 1.83. The fraction of sp³-hybridized carbons (Fsp3) is 0.111. The summed E-state index contributed by atoms with van der Waals surface area (Å²) in [6.45, 7) is 0. The van der Waals surface area contributed by atoms with Gasteiger partial charge in [-0.15, -0.1) is 0 Å². The number of halogens is 1. The van der Waals surface area contributed by atoms with Crippen molar-refractivity contribution < 1.29 is 4.74 Å². The highest BCUT2D eigenvalue weighted by Gasteiger charge is 2.04. The molecule has 0 aliphatic rings. The molecule has 1 aromatic heterocycles. The van der Waals surface area contributed by atoms with Crippen LogP contribution in [-0.2, 0) is 0 Å². The van der Waals surface area contributed by atoms with E-state index in [9.17, 15) is 0 Å². The molecular weight excluding hydrogens is 246 g/mol. The van der Waals surface area contributed by atoms with Crippen LogP contribution in [0.1, 0.15) is 0 Å². The molecule has 0 unspecified atom stereocenters. The van der Waals surface area contributed by atoms with E-state index in [2.05, 4.69) is 25.9 Å². The van der Waals surface area contributed by atoms with Gasteiger partial charge in [-0.3, -0.25) is 4.98 Å². The van der Waals surface area contributed by atoms with E-state index in [0.717, 1.165) is 21.3 Å². The first-order valence-electron chi connectivity index (χ1n) is 3.96. The van der Waals surface area contributed by atoms with E-state index in [1.165, 1.54) is 6.20 Å². The maximum Gasteiger partial charge on any atom is 0.142 e.